The van der Waals surface area contributed by atoms with Crippen LogP contribution in [0.4, 0.5) is 0 Å². The molecule has 0 saturated carbocycles. The smallest absolute Gasteiger partial charge is 0.166 e. The van der Waals surface area contributed by atoms with Crippen LogP contribution in [0.3, 0.4) is 0 Å². The SMILES string of the molecule is c1ccc(-c2ccc3c(c2)c2cc(-c4ccccc4)ccc2n3-c2c(-n3c4ccccc4c4ccccc43)c(-c3nc(-c4ccccc4)nc(-c4ccccc4)n3)cc(-c3nc(-c4ccccc4)nc(-c4ccccc4)n3)c2-n2c3ccccc3c3ccccc32)cc1. The van der Waals surface area contributed by atoms with Crippen LogP contribution in [0.5, 0.6) is 0 Å². The van der Waals surface area contributed by atoms with E-state index in [0.29, 0.717) is 46.1 Å². The number of para-hydroxylation sites is 4. The third-order valence-corrected chi connectivity index (χ3v) is 17.9. The van der Waals surface area contributed by atoms with E-state index in [1.54, 1.807) is 0 Å². The molecule has 93 heavy (non-hydrogen) atoms. The first-order chi connectivity index (χ1) is 46.1. The molecule has 0 atom stereocenters. The summed E-state index contributed by atoms with van der Waals surface area (Å²) < 4.78 is 7.42. The summed E-state index contributed by atoms with van der Waals surface area (Å²) in [4.78, 5) is 33.6. The van der Waals surface area contributed by atoms with Crippen molar-refractivity contribution in [3.8, 4) is 108 Å². The van der Waals surface area contributed by atoms with Gasteiger partial charge in [0.15, 0.2) is 34.9 Å². The van der Waals surface area contributed by atoms with E-state index < -0.39 is 0 Å². The van der Waals surface area contributed by atoms with Crippen molar-refractivity contribution in [3.05, 3.63) is 322 Å². The first kappa shape index (κ1) is 53.3. The summed E-state index contributed by atoms with van der Waals surface area (Å²) in [5, 5.41) is 6.53. The first-order valence-electron chi connectivity index (χ1n) is 31.3. The Kier molecular flexibility index (Phi) is 12.7. The molecule has 0 radical (unpaired) electrons. The molecule has 18 aromatic rings. The van der Waals surface area contributed by atoms with Crippen molar-refractivity contribution >= 4 is 65.4 Å². The zero-order chi connectivity index (χ0) is 61.3. The van der Waals surface area contributed by atoms with Crippen LogP contribution in [0.25, 0.3) is 173 Å². The van der Waals surface area contributed by atoms with Crippen LogP contribution in [-0.4, -0.2) is 43.6 Å². The predicted molar refractivity (Wildman–Crippen MR) is 380 cm³/mol. The molecule has 0 saturated heterocycles. The van der Waals surface area contributed by atoms with E-state index in [4.69, 9.17) is 29.9 Å². The minimum atomic E-state index is 0.454. The molecule has 18 rings (SSSR count). The summed E-state index contributed by atoms with van der Waals surface area (Å²) in [5.41, 5.74) is 17.7. The summed E-state index contributed by atoms with van der Waals surface area (Å²) in [6.07, 6.45) is 0. The van der Waals surface area contributed by atoms with Gasteiger partial charge in [-0.2, -0.15) is 0 Å². The highest BCUT2D eigenvalue weighted by atomic mass is 15.1. The molecule has 0 fully saturated rings. The maximum absolute atomic E-state index is 5.72. The van der Waals surface area contributed by atoms with Crippen molar-refractivity contribution in [3.63, 3.8) is 0 Å². The van der Waals surface area contributed by atoms with Crippen LogP contribution in [0.15, 0.2) is 322 Å². The zero-order valence-electron chi connectivity index (χ0n) is 50.1. The standard InChI is InChI=1S/C84H53N9/c1-7-27-54(28-8-1)60-47-49-74-66(51-60)67-52-61(55-29-9-2-10-30-55)48-50-75(67)93(74)78-76(91-70-43-23-19-39-62(70)63-40-20-24-44-71(63)91)68(83-87-79(56-31-11-3-12-32-56)85-80(88-83)57-33-13-4-14-34-57)53-69(77(78)92-72-45-25-21-41-64(72)65-42-22-26-46-73(65)92)84-89-81(58-35-15-5-16-36-58)86-82(90-84)59-37-17-6-18-38-59/h1-53H. The Morgan fingerprint density at radius 2 is 0.398 bits per heavy atom. The van der Waals surface area contributed by atoms with Crippen LogP contribution in [0.1, 0.15) is 0 Å². The Labute approximate surface area is 535 Å². The summed E-state index contributed by atoms with van der Waals surface area (Å²) >= 11 is 0. The lowest BCUT2D eigenvalue weighted by Gasteiger charge is -2.27. The Bertz CT molecular complexity index is 5320. The van der Waals surface area contributed by atoms with Gasteiger partial charge in [0.1, 0.15) is 0 Å². The average Bonchev–Trinajstić information content (AvgIpc) is 1.62. The van der Waals surface area contributed by atoms with Crippen LogP contribution in [0, 0.1) is 0 Å². The van der Waals surface area contributed by atoms with E-state index >= 15 is 0 Å². The minimum Gasteiger partial charge on any atom is -0.306 e. The molecule has 0 amide bonds. The molecule has 9 nitrogen and oxygen atoms in total. The topological polar surface area (TPSA) is 92.1 Å². The number of rotatable bonds is 11. The first-order valence-corrected chi connectivity index (χ1v) is 31.3. The molecule has 434 valence electrons. The third-order valence-electron chi connectivity index (χ3n) is 17.9. The van der Waals surface area contributed by atoms with Gasteiger partial charge in [0.25, 0.3) is 0 Å². The van der Waals surface area contributed by atoms with Crippen LogP contribution in [0.2, 0.25) is 0 Å². The molecule has 5 aromatic heterocycles. The molecule has 0 aliphatic carbocycles. The molecular formula is C84H53N9. The third kappa shape index (κ3) is 9.01. The lowest BCUT2D eigenvalue weighted by molar-refractivity contribution is 1.02. The van der Waals surface area contributed by atoms with Crippen molar-refractivity contribution in [1.82, 2.24) is 43.6 Å². The fourth-order valence-electron chi connectivity index (χ4n) is 13.7. The molecule has 0 unspecified atom stereocenters. The molecular weight excluding hydrogens is 1130 g/mol. The maximum Gasteiger partial charge on any atom is 0.166 e. The summed E-state index contributed by atoms with van der Waals surface area (Å²) in [6, 6.07) is 113. The number of nitrogens with zero attached hydrogens (tertiary/aromatic N) is 9. The van der Waals surface area contributed by atoms with E-state index in [9.17, 15) is 0 Å². The van der Waals surface area contributed by atoms with Gasteiger partial charge in [0.2, 0.25) is 0 Å². The van der Waals surface area contributed by atoms with Crippen LogP contribution in [-0.2, 0) is 0 Å². The van der Waals surface area contributed by atoms with Crippen molar-refractivity contribution in [2.75, 3.05) is 0 Å². The maximum atomic E-state index is 5.72. The highest BCUT2D eigenvalue weighted by Gasteiger charge is 2.33. The molecule has 0 bridgehead atoms. The Morgan fingerprint density at radius 3 is 0.699 bits per heavy atom. The second-order valence-electron chi connectivity index (χ2n) is 23.4. The van der Waals surface area contributed by atoms with Crippen molar-refractivity contribution in [1.29, 1.82) is 0 Å². The lowest BCUT2D eigenvalue weighted by Crippen LogP contribution is -2.14. The van der Waals surface area contributed by atoms with Gasteiger partial charge in [-0.05, 0) is 76.9 Å². The summed E-state index contributed by atoms with van der Waals surface area (Å²) in [7, 11) is 0. The second-order valence-corrected chi connectivity index (χ2v) is 23.4. The molecule has 13 aromatic carbocycles. The van der Waals surface area contributed by atoms with Crippen molar-refractivity contribution in [2.45, 2.75) is 0 Å². The molecule has 0 aliphatic rings. The highest BCUT2D eigenvalue weighted by molar-refractivity contribution is 6.16. The van der Waals surface area contributed by atoms with Gasteiger partial charge in [-0.15, -0.1) is 0 Å². The van der Waals surface area contributed by atoms with Gasteiger partial charge >= 0.3 is 0 Å². The van der Waals surface area contributed by atoms with E-state index in [1.165, 1.54) is 0 Å². The molecule has 9 heteroatoms. The van der Waals surface area contributed by atoms with E-state index in [1.807, 2.05) is 72.8 Å². The van der Waals surface area contributed by atoms with Gasteiger partial charge < -0.3 is 13.7 Å². The Hall–Kier alpha value is -12.7. The van der Waals surface area contributed by atoms with Gasteiger partial charge in [0, 0.05) is 65.7 Å². The number of hydrogen-bond acceptors (Lipinski definition) is 6. The normalized spacial score (nSPS) is 11.7. The zero-order valence-corrected chi connectivity index (χ0v) is 50.1. The number of hydrogen-bond donors (Lipinski definition) is 0. The predicted octanol–water partition coefficient (Wildman–Crippen LogP) is 20.7. The van der Waals surface area contributed by atoms with Gasteiger partial charge in [-0.25, -0.2) is 29.9 Å². The number of benzene rings is 13. The minimum absolute atomic E-state index is 0.454. The molecule has 5 heterocycles. The van der Waals surface area contributed by atoms with Crippen molar-refractivity contribution in [2.24, 2.45) is 0 Å². The van der Waals surface area contributed by atoms with Crippen LogP contribution >= 0.6 is 0 Å². The lowest BCUT2D eigenvalue weighted by atomic mass is 9.99. The van der Waals surface area contributed by atoms with Crippen molar-refractivity contribution < 1.29 is 0 Å². The largest absolute Gasteiger partial charge is 0.306 e. The molecule has 0 N–H and O–H groups in total. The number of fused-ring (bicyclic) bond motifs is 9. The fourth-order valence-corrected chi connectivity index (χ4v) is 13.7. The molecule has 0 aliphatic heterocycles. The Balaban J connectivity index is 1.12. The molecule has 0 spiro atoms. The monoisotopic (exact) mass is 1190 g/mol. The average molecular weight is 1190 g/mol. The van der Waals surface area contributed by atoms with Gasteiger partial charge in [-0.1, -0.05) is 267 Å². The van der Waals surface area contributed by atoms with Gasteiger partial charge in [0.05, 0.1) is 50.2 Å². The van der Waals surface area contributed by atoms with Gasteiger partial charge in [-0.3, -0.25) is 0 Å². The number of aromatic nitrogens is 9. The van der Waals surface area contributed by atoms with Crippen LogP contribution < -0.4 is 0 Å². The quantitative estimate of drug-likeness (QED) is 0.128. The summed E-state index contributed by atoms with van der Waals surface area (Å²) in [6.45, 7) is 0. The van der Waals surface area contributed by atoms with E-state index in [2.05, 4.69) is 262 Å². The Morgan fingerprint density at radius 1 is 0.161 bits per heavy atom. The van der Waals surface area contributed by atoms with E-state index in [0.717, 1.165) is 127 Å². The summed E-state index contributed by atoms with van der Waals surface area (Å²) in [5.74, 6) is 3.01. The fraction of sp³-hybridized carbons (Fsp3) is 0. The van der Waals surface area contributed by atoms with E-state index in [-0.39, 0.29) is 0 Å². The second kappa shape index (κ2) is 22.1. The highest BCUT2D eigenvalue weighted by Crippen LogP contribution is 2.50.